The van der Waals surface area contributed by atoms with Crippen molar-refractivity contribution in [3.63, 3.8) is 0 Å². The highest BCUT2D eigenvalue weighted by atomic mass is 16.1. The summed E-state index contributed by atoms with van der Waals surface area (Å²) >= 11 is 0. The zero-order valence-corrected chi connectivity index (χ0v) is 9.77. The third-order valence-electron chi connectivity index (χ3n) is 2.50. The van der Waals surface area contributed by atoms with Crippen molar-refractivity contribution in [1.29, 1.82) is 5.26 Å². The standard InChI is InChI=1S/C12H11N5O/c1-8-10(7-16-17-8)6-15-12(18)11-3-2-9(4-13)5-14-11/h2-3,5,7H,6H2,1H3,(H,15,18)(H,16,17). The molecule has 90 valence electrons. The number of carbonyl (C=O) groups excluding carboxylic acids is 1. The number of amides is 1. The first kappa shape index (κ1) is 11.8. The van der Waals surface area contributed by atoms with Gasteiger partial charge in [-0.1, -0.05) is 0 Å². The van der Waals surface area contributed by atoms with Crippen molar-refractivity contribution in [2.45, 2.75) is 13.5 Å². The first-order chi connectivity index (χ1) is 8.70. The van der Waals surface area contributed by atoms with Crippen LogP contribution in [0, 0.1) is 18.3 Å². The number of aromatic amines is 1. The van der Waals surface area contributed by atoms with Crippen LogP contribution in [0.1, 0.15) is 27.3 Å². The summed E-state index contributed by atoms with van der Waals surface area (Å²) in [5.74, 6) is -0.278. The number of pyridine rings is 1. The predicted molar refractivity (Wildman–Crippen MR) is 63.4 cm³/mol. The molecule has 18 heavy (non-hydrogen) atoms. The van der Waals surface area contributed by atoms with Crippen molar-refractivity contribution in [3.05, 3.63) is 47.0 Å². The lowest BCUT2D eigenvalue weighted by Gasteiger charge is -2.03. The first-order valence-corrected chi connectivity index (χ1v) is 5.34. The highest BCUT2D eigenvalue weighted by Gasteiger charge is 2.08. The average molecular weight is 241 g/mol. The van der Waals surface area contributed by atoms with Crippen LogP contribution in [0.25, 0.3) is 0 Å². The van der Waals surface area contributed by atoms with Crippen molar-refractivity contribution in [3.8, 4) is 6.07 Å². The van der Waals surface area contributed by atoms with Gasteiger partial charge in [-0.2, -0.15) is 10.4 Å². The van der Waals surface area contributed by atoms with E-state index in [-0.39, 0.29) is 11.6 Å². The number of aryl methyl sites for hydroxylation is 1. The van der Waals surface area contributed by atoms with Crippen LogP contribution in [-0.4, -0.2) is 21.1 Å². The maximum atomic E-state index is 11.8. The Morgan fingerprint density at radius 1 is 1.50 bits per heavy atom. The van der Waals surface area contributed by atoms with E-state index in [4.69, 9.17) is 5.26 Å². The molecule has 2 rings (SSSR count). The lowest BCUT2D eigenvalue weighted by molar-refractivity contribution is 0.0946. The van der Waals surface area contributed by atoms with E-state index in [1.54, 1.807) is 12.3 Å². The van der Waals surface area contributed by atoms with E-state index in [9.17, 15) is 4.79 Å². The molecule has 2 aromatic heterocycles. The molecule has 2 heterocycles. The Hall–Kier alpha value is -2.68. The Balaban J connectivity index is 2.00. The number of rotatable bonds is 3. The van der Waals surface area contributed by atoms with Crippen LogP contribution in [-0.2, 0) is 6.54 Å². The van der Waals surface area contributed by atoms with Gasteiger partial charge in [-0.15, -0.1) is 0 Å². The molecule has 0 aliphatic rings. The lowest BCUT2D eigenvalue weighted by Crippen LogP contribution is -2.23. The maximum absolute atomic E-state index is 11.8. The molecule has 0 aliphatic carbocycles. The smallest absolute Gasteiger partial charge is 0.270 e. The summed E-state index contributed by atoms with van der Waals surface area (Å²) in [6.07, 6.45) is 3.04. The van der Waals surface area contributed by atoms with E-state index in [0.29, 0.717) is 12.1 Å². The van der Waals surface area contributed by atoms with E-state index >= 15 is 0 Å². The molecule has 0 aromatic carbocycles. The van der Waals surface area contributed by atoms with Crippen LogP contribution in [0.2, 0.25) is 0 Å². The number of carbonyl (C=O) groups is 1. The molecule has 0 saturated heterocycles. The summed E-state index contributed by atoms with van der Waals surface area (Å²) in [6, 6.07) is 5.03. The van der Waals surface area contributed by atoms with E-state index < -0.39 is 0 Å². The van der Waals surface area contributed by atoms with Gasteiger partial charge in [-0.05, 0) is 19.1 Å². The van der Waals surface area contributed by atoms with Gasteiger partial charge < -0.3 is 5.32 Å². The zero-order valence-electron chi connectivity index (χ0n) is 9.77. The summed E-state index contributed by atoms with van der Waals surface area (Å²) < 4.78 is 0. The first-order valence-electron chi connectivity index (χ1n) is 5.34. The summed E-state index contributed by atoms with van der Waals surface area (Å²) in [4.78, 5) is 15.7. The average Bonchev–Trinajstić information content (AvgIpc) is 2.81. The van der Waals surface area contributed by atoms with E-state index in [0.717, 1.165) is 11.3 Å². The van der Waals surface area contributed by atoms with Crippen molar-refractivity contribution in [2.24, 2.45) is 0 Å². The molecule has 6 heteroatoms. The zero-order chi connectivity index (χ0) is 13.0. The summed E-state index contributed by atoms with van der Waals surface area (Å²) in [5.41, 5.74) is 2.56. The van der Waals surface area contributed by atoms with Crippen molar-refractivity contribution < 1.29 is 4.79 Å². The summed E-state index contributed by atoms with van der Waals surface area (Å²) in [7, 11) is 0. The van der Waals surface area contributed by atoms with Crippen LogP contribution in [0.4, 0.5) is 0 Å². The fourth-order valence-corrected chi connectivity index (χ4v) is 1.41. The van der Waals surface area contributed by atoms with Gasteiger partial charge in [0.15, 0.2) is 0 Å². The number of hydrogen-bond acceptors (Lipinski definition) is 4. The topological polar surface area (TPSA) is 94.5 Å². The highest BCUT2D eigenvalue weighted by Crippen LogP contribution is 2.03. The van der Waals surface area contributed by atoms with Crippen molar-refractivity contribution >= 4 is 5.91 Å². The molecule has 2 aromatic rings. The van der Waals surface area contributed by atoms with Gasteiger partial charge in [0.2, 0.25) is 0 Å². The van der Waals surface area contributed by atoms with Gasteiger partial charge >= 0.3 is 0 Å². The molecule has 0 unspecified atom stereocenters. The predicted octanol–water partition coefficient (Wildman–Crippen LogP) is 0.915. The second-order valence-corrected chi connectivity index (χ2v) is 3.75. The second-order valence-electron chi connectivity index (χ2n) is 3.75. The third kappa shape index (κ3) is 2.52. The SMILES string of the molecule is Cc1[nH]ncc1CNC(=O)c1ccc(C#N)cn1. The maximum Gasteiger partial charge on any atom is 0.270 e. The van der Waals surface area contributed by atoms with E-state index in [1.807, 2.05) is 13.0 Å². The van der Waals surface area contributed by atoms with Gasteiger partial charge in [-0.3, -0.25) is 9.89 Å². The normalized spacial score (nSPS) is 9.78. The second kappa shape index (κ2) is 5.10. The van der Waals surface area contributed by atoms with Crippen LogP contribution in [0.3, 0.4) is 0 Å². The number of hydrogen-bond donors (Lipinski definition) is 2. The number of aromatic nitrogens is 3. The van der Waals surface area contributed by atoms with Crippen molar-refractivity contribution in [2.75, 3.05) is 0 Å². The van der Waals surface area contributed by atoms with E-state index in [2.05, 4.69) is 20.5 Å². The van der Waals surface area contributed by atoms with Gasteiger partial charge in [0.1, 0.15) is 11.8 Å². The molecular weight excluding hydrogens is 230 g/mol. The summed E-state index contributed by atoms with van der Waals surface area (Å²) in [5, 5.41) is 18.0. The van der Waals surface area contributed by atoms with Gasteiger partial charge in [0.05, 0.1) is 11.8 Å². The largest absolute Gasteiger partial charge is 0.346 e. The highest BCUT2D eigenvalue weighted by molar-refractivity contribution is 5.92. The number of nitriles is 1. The van der Waals surface area contributed by atoms with Gasteiger partial charge in [-0.25, -0.2) is 4.98 Å². The Morgan fingerprint density at radius 2 is 2.33 bits per heavy atom. The van der Waals surface area contributed by atoms with Crippen LogP contribution in [0.15, 0.2) is 24.5 Å². The van der Waals surface area contributed by atoms with E-state index in [1.165, 1.54) is 12.3 Å². The van der Waals surface area contributed by atoms with Gasteiger partial charge in [0.25, 0.3) is 5.91 Å². The minimum atomic E-state index is -0.278. The monoisotopic (exact) mass is 241 g/mol. The Bertz CT molecular complexity index is 594. The van der Waals surface area contributed by atoms with Gasteiger partial charge in [0, 0.05) is 24.0 Å². The fourth-order valence-electron chi connectivity index (χ4n) is 1.41. The van der Waals surface area contributed by atoms with Crippen LogP contribution >= 0.6 is 0 Å². The minimum Gasteiger partial charge on any atom is -0.346 e. The lowest BCUT2D eigenvalue weighted by atomic mass is 10.2. The molecule has 6 nitrogen and oxygen atoms in total. The Morgan fingerprint density at radius 3 is 2.89 bits per heavy atom. The third-order valence-corrected chi connectivity index (χ3v) is 2.50. The number of H-pyrrole nitrogens is 1. The molecule has 0 bridgehead atoms. The molecule has 1 amide bonds. The Labute approximate surface area is 104 Å². The number of nitrogens with one attached hydrogen (secondary N) is 2. The molecule has 0 atom stereocenters. The molecule has 0 spiro atoms. The molecular formula is C12H11N5O. The molecule has 0 aliphatic heterocycles. The minimum absolute atomic E-state index is 0.278. The number of nitrogens with zero attached hydrogens (tertiary/aromatic N) is 3. The summed E-state index contributed by atoms with van der Waals surface area (Å²) in [6.45, 7) is 2.28. The van der Waals surface area contributed by atoms with Crippen LogP contribution < -0.4 is 5.32 Å². The molecule has 0 fully saturated rings. The quantitative estimate of drug-likeness (QED) is 0.835. The Kier molecular flexibility index (Phi) is 3.34. The fraction of sp³-hybridized carbons (Fsp3) is 0.167. The molecule has 2 N–H and O–H groups in total. The van der Waals surface area contributed by atoms with Crippen LogP contribution in [0.5, 0.6) is 0 Å². The molecule has 0 saturated carbocycles. The van der Waals surface area contributed by atoms with Crippen molar-refractivity contribution in [1.82, 2.24) is 20.5 Å². The molecule has 0 radical (unpaired) electrons.